The summed E-state index contributed by atoms with van der Waals surface area (Å²) in [6.07, 6.45) is 3.62. The summed E-state index contributed by atoms with van der Waals surface area (Å²) < 4.78 is 0. The van der Waals surface area contributed by atoms with Crippen molar-refractivity contribution in [3.05, 3.63) is 46.2 Å². The van der Waals surface area contributed by atoms with Crippen LogP contribution in [0.1, 0.15) is 29.3 Å². The van der Waals surface area contributed by atoms with Crippen molar-refractivity contribution in [3.63, 3.8) is 0 Å². The van der Waals surface area contributed by atoms with Gasteiger partial charge in [0.25, 0.3) is 0 Å². The van der Waals surface area contributed by atoms with Gasteiger partial charge in [-0.25, -0.2) is 0 Å². The van der Waals surface area contributed by atoms with Gasteiger partial charge in [0, 0.05) is 16.6 Å². The molecule has 3 rings (SSSR count). The second-order valence-corrected chi connectivity index (χ2v) is 5.44. The number of anilines is 1. The van der Waals surface area contributed by atoms with Crippen LogP contribution >= 0.6 is 11.3 Å². The number of hydrogen-bond donors (Lipinski definition) is 2. The Morgan fingerprint density at radius 1 is 1.29 bits per heavy atom. The first kappa shape index (κ1) is 10.7. The van der Waals surface area contributed by atoms with Gasteiger partial charge in [0.2, 0.25) is 0 Å². The minimum absolute atomic E-state index is 0.316. The maximum atomic E-state index is 9.46. The van der Waals surface area contributed by atoms with Crippen LogP contribution in [-0.4, -0.2) is 5.11 Å². The molecule has 0 radical (unpaired) electrons. The number of thiophene rings is 1. The first-order valence-corrected chi connectivity index (χ1v) is 6.83. The normalized spacial score (nSPS) is 18.7. The lowest BCUT2D eigenvalue weighted by Crippen LogP contribution is -2.15. The van der Waals surface area contributed by atoms with E-state index in [1.165, 1.54) is 29.7 Å². The van der Waals surface area contributed by atoms with Crippen molar-refractivity contribution in [1.82, 2.24) is 0 Å². The maximum Gasteiger partial charge on any atom is 0.117 e. The van der Waals surface area contributed by atoms with Crippen molar-refractivity contribution in [2.75, 3.05) is 5.32 Å². The van der Waals surface area contributed by atoms with E-state index in [2.05, 4.69) is 16.8 Å². The molecule has 1 unspecified atom stereocenters. The van der Waals surface area contributed by atoms with E-state index in [9.17, 15) is 5.11 Å². The summed E-state index contributed by atoms with van der Waals surface area (Å²) in [5.41, 5.74) is 2.43. The summed E-state index contributed by atoms with van der Waals surface area (Å²) in [6.45, 7) is 0. The topological polar surface area (TPSA) is 32.3 Å². The highest BCUT2D eigenvalue weighted by Gasteiger charge is 2.20. The molecule has 0 spiro atoms. The van der Waals surface area contributed by atoms with Gasteiger partial charge >= 0.3 is 0 Å². The van der Waals surface area contributed by atoms with Crippen LogP contribution in [0.25, 0.3) is 0 Å². The molecule has 0 saturated heterocycles. The summed E-state index contributed by atoms with van der Waals surface area (Å²) in [7, 11) is 0. The summed E-state index contributed by atoms with van der Waals surface area (Å²) in [5, 5.41) is 15.1. The number of fused-ring (bicyclic) bond motifs is 1. The summed E-state index contributed by atoms with van der Waals surface area (Å²) in [5.74, 6) is 0.316. The number of benzene rings is 1. The smallest absolute Gasteiger partial charge is 0.117 e. The Bertz CT molecular complexity index is 520. The Kier molecular flexibility index (Phi) is 2.77. The second kappa shape index (κ2) is 4.41. The molecule has 0 saturated carbocycles. The van der Waals surface area contributed by atoms with Crippen molar-refractivity contribution < 1.29 is 5.11 Å². The molecule has 2 N–H and O–H groups in total. The third-order valence-corrected chi connectivity index (χ3v) is 4.24. The number of hydrogen-bond acceptors (Lipinski definition) is 3. The second-order valence-electron chi connectivity index (χ2n) is 4.44. The van der Waals surface area contributed by atoms with Crippen LogP contribution in [-0.2, 0) is 6.42 Å². The Balaban J connectivity index is 1.84. The predicted molar refractivity (Wildman–Crippen MR) is 71.7 cm³/mol. The van der Waals surface area contributed by atoms with Gasteiger partial charge in [-0.3, -0.25) is 0 Å². The Hall–Kier alpha value is -1.48. The zero-order valence-electron chi connectivity index (χ0n) is 9.52. The van der Waals surface area contributed by atoms with Crippen LogP contribution in [0.2, 0.25) is 0 Å². The molecular weight excluding hydrogens is 230 g/mol. The van der Waals surface area contributed by atoms with Crippen LogP contribution in [0.5, 0.6) is 5.75 Å². The number of aryl methyl sites for hydroxylation is 1. The lowest BCUT2D eigenvalue weighted by atomic mass is 9.94. The van der Waals surface area contributed by atoms with Gasteiger partial charge in [-0.15, -0.1) is 11.3 Å². The molecule has 1 aliphatic carbocycles. The molecule has 1 aliphatic rings. The van der Waals surface area contributed by atoms with Crippen molar-refractivity contribution in [3.8, 4) is 5.75 Å². The van der Waals surface area contributed by atoms with Gasteiger partial charge < -0.3 is 10.4 Å². The molecule has 1 atom stereocenters. The molecular formula is C14H15NOS. The zero-order valence-corrected chi connectivity index (χ0v) is 10.3. The zero-order chi connectivity index (χ0) is 11.7. The van der Waals surface area contributed by atoms with E-state index < -0.39 is 0 Å². The Morgan fingerprint density at radius 3 is 3.12 bits per heavy atom. The average Bonchev–Trinajstić information content (AvgIpc) is 2.78. The van der Waals surface area contributed by atoms with Crippen LogP contribution in [0, 0.1) is 0 Å². The van der Waals surface area contributed by atoms with Gasteiger partial charge in [0.05, 0.1) is 6.04 Å². The molecule has 1 heterocycles. The quantitative estimate of drug-likeness (QED) is 0.839. The first-order chi connectivity index (χ1) is 8.33. The molecule has 0 bridgehead atoms. The highest BCUT2D eigenvalue weighted by Crippen LogP contribution is 2.35. The van der Waals surface area contributed by atoms with Crippen LogP contribution in [0.4, 0.5) is 5.69 Å². The first-order valence-electron chi connectivity index (χ1n) is 5.95. The SMILES string of the molecule is Oc1cccc(NC2CCCc3sccc32)c1. The van der Waals surface area contributed by atoms with E-state index in [0.29, 0.717) is 11.8 Å². The van der Waals surface area contributed by atoms with E-state index in [4.69, 9.17) is 0 Å². The molecule has 0 aliphatic heterocycles. The number of phenols is 1. The highest BCUT2D eigenvalue weighted by molar-refractivity contribution is 7.10. The van der Waals surface area contributed by atoms with E-state index in [0.717, 1.165) is 5.69 Å². The van der Waals surface area contributed by atoms with Crippen LogP contribution in [0.3, 0.4) is 0 Å². The Labute approximate surface area is 105 Å². The number of nitrogens with one attached hydrogen (secondary N) is 1. The predicted octanol–water partition coefficient (Wildman–Crippen LogP) is 3.94. The van der Waals surface area contributed by atoms with E-state index >= 15 is 0 Å². The largest absolute Gasteiger partial charge is 0.508 e. The molecule has 3 heteroatoms. The van der Waals surface area contributed by atoms with Crippen LogP contribution < -0.4 is 5.32 Å². The minimum Gasteiger partial charge on any atom is -0.508 e. The molecule has 1 aromatic carbocycles. The highest BCUT2D eigenvalue weighted by atomic mass is 32.1. The molecule has 2 aromatic rings. The number of phenolic OH excluding ortho intramolecular Hbond substituents is 1. The maximum absolute atomic E-state index is 9.46. The van der Waals surface area contributed by atoms with Crippen LogP contribution in [0.15, 0.2) is 35.7 Å². The Morgan fingerprint density at radius 2 is 2.24 bits per heavy atom. The standard InChI is InChI=1S/C14H15NOS/c16-11-4-1-3-10(9-11)15-13-5-2-6-14-12(13)7-8-17-14/h1,3-4,7-9,13,15-16H,2,5-6H2. The summed E-state index contributed by atoms with van der Waals surface area (Å²) in [4.78, 5) is 1.51. The molecule has 0 amide bonds. The van der Waals surface area contributed by atoms with Gasteiger partial charge in [0.1, 0.15) is 5.75 Å². The lowest BCUT2D eigenvalue weighted by Gasteiger charge is -2.24. The molecule has 88 valence electrons. The monoisotopic (exact) mass is 245 g/mol. The van der Waals surface area contributed by atoms with Gasteiger partial charge in [-0.2, -0.15) is 0 Å². The molecule has 2 nitrogen and oxygen atoms in total. The van der Waals surface area contributed by atoms with Gasteiger partial charge in [-0.1, -0.05) is 6.07 Å². The van der Waals surface area contributed by atoms with Crippen molar-refractivity contribution in [2.24, 2.45) is 0 Å². The van der Waals surface area contributed by atoms with Crippen molar-refractivity contribution in [1.29, 1.82) is 0 Å². The number of rotatable bonds is 2. The van der Waals surface area contributed by atoms with E-state index in [1.807, 2.05) is 23.5 Å². The molecule has 17 heavy (non-hydrogen) atoms. The van der Waals surface area contributed by atoms with Crippen molar-refractivity contribution >= 4 is 17.0 Å². The van der Waals surface area contributed by atoms with E-state index in [1.54, 1.807) is 12.1 Å². The lowest BCUT2D eigenvalue weighted by molar-refractivity contribution is 0.475. The van der Waals surface area contributed by atoms with E-state index in [-0.39, 0.29) is 0 Å². The third kappa shape index (κ3) is 2.15. The number of aromatic hydroxyl groups is 1. The summed E-state index contributed by atoms with van der Waals surface area (Å²) >= 11 is 1.85. The fourth-order valence-corrected chi connectivity index (χ4v) is 3.42. The summed E-state index contributed by atoms with van der Waals surface area (Å²) in [6, 6.07) is 9.96. The van der Waals surface area contributed by atoms with Gasteiger partial charge in [0.15, 0.2) is 0 Å². The molecule has 0 fully saturated rings. The third-order valence-electron chi connectivity index (χ3n) is 3.24. The molecule has 1 aromatic heterocycles. The fraction of sp³-hybridized carbons (Fsp3) is 0.286. The van der Waals surface area contributed by atoms with Crippen molar-refractivity contribution in [2.45, 2.75) is 25.3 Å². The van der Waals surface area contributed by atoms with Gasteiger partial charge in [-0.05, 0) is 48.4 Å². The average molecular weight is 245 g/mol. The minimum atomic E-state index is 0.316. The fourth-order valence-electron chi connectivity index (χ4n) is 2.43.